The Kier molecular flexibility index (Phi) is 4.91. The van der Waals surface area contributed by atoms with Crippen molar-refractivity contribution in [3.05, 3.63) is 55.9 Å². The van der Waals surface area contributed by atoms with Crippen LogP contribution in [-0.4, -0.2) is 23.0 Å². The molecule has 0 radical (unpaired) electrons. The second-order valence-electron chi connectivity index (χ2n) is 4.49. The minimum absolute atomic E-state index is 0.283. The molecule has 0 aliphatic carbocycles. The molecule has 2 rings (SSSR count). The third-order valence-corrected chi connectivity index (χ3v) is 4.48. The van der Waals surface area contributed by atoms with E-state index in [0.717, 1.165) is 9.35 Å². The highest BCUT2D eigenvalue weighted by Crippen LogP contribution is 2.22. The van der Waals surface area contributed by atoms with E-state index >= 15 is 0 Å². The molecule has 1 aromatic heterocycles. The minimum Gasteiger partial charge on any atom is -0.478 e. The van der Waals surface area contributed by atoms with Crippen molar-refractivity contribution in [2.75, 3.05) is 7.05 Å². The quantitative estimate of drug-likeness (QED) is 0.879. The highest BCUT2D eigenvalue weighted by atomic mass is 79.9. The van der Waals surface area contributed by atoms with Gasteiger partial charge >= 0.3 is 5.97 Å². The molecule has 0 amide bonds. The fraction of sp³-hybridized carbons (Fsp3) is 0.214. The van der Waals surface area contributed by atoms with E-state index in [-0.39, 0.29) is 5.56 Å². The number of carbonyl (C=O) groups is 1. The number of rotatable bonds is 5. The third-order valence-electron chi connectivity index (χ3n) is 2.80. The predicted molar refractivity (Wildman–Crippen MR) is 80.5 cm³/mol. The summed E-state index contributed by atoms with van der Waals surface area (Å²) in [6, 6.07) is 6.47. The molecule has 0 fully saturated rings. The molecule has 0 spiro atoms. The molecule has 20 heavy (non-hydrogen) atoms. The molecule has 106 valence electrons. The van der Waals surface area contributed by atoms with E-state index in [1.54, 1.807) is 23.5 Å². The molecular formula is C14H13BrFNO2S. The van der Waals surface area contributed by atoms with Gasteiger partial charge < -0.3 is 5.11 Å². The molecule has 1 aromatic carbocycles. The lowest BCUT2D eigenvalue weighted by Gasteiger charge is -2.16. The van der Waals surface area contributed by atoms with Crippen LogP contribution in [0, 0.1) is 5.82 Å². The number of halogens is 2. The molecule has 1 heterocycles. The first-order valence-corrected chi connectivity index (χ1v) is 7.56. The van der Waals surface area contributed by atoms with Crippen molar-refractivity contribution in [1.82, 2.24) is 4.90 Å². The van der Waals surface area contributed by atoms with E-state index in [1.165, 1.54) is 6.07 Å². The highest BCUT2D eigenvalue weighted by molar-refractivity contribution is 9.10. The van der Waals surface area contributed by atoms with Gasteiger partial charge in [-0.05, 0) is 35.1 Å². The smallest absolute Gasteiger partial charge is 0.338 e. The number of benzene rings is 1. The third kappa shape index (κ3) is 3.65. The molecule has 0 saturated carbocycles. The molecule has 0 saturated heterocycles. The van der Waals surface area contributed by atoms with E-state index < -0.39 is 11.8 Å². The molecule has 6 heteroatoms. The molecule has 0 bridgehead atoms. The predicted octanol–water partition coefficient (Wildman–Crippen LogP) is 3.98. The largest absolute Gasteiger partial charge is 0.478 e. The van der Waals surface area contributed by atoms with Gasteiger partial charge in [0.25, 0.3) is 0 Å². The summed E-state index contributed by atoms with van der Waals surface area (Å²) in [5, 5.41) is 10.9. The Bertz CT molecular complexity index is 629. The van der Waals surface area contributed by atoms with Crippen LogP contribution in [0.25, 0.3) is 0 Å². The summed E-state index contributed by atoms with van der Waals surface area (Å²) in [6.45, 7) is 1.05. The summed E-state index contributed by atoms with van der Waals surface area (Å²) in [6.07, 6.45) is 0. The summed E-state index contributed by atoms with van der Waals surface area (Å²) in [4.78, 5) is 14.0. The first-order valence-electron chi connectivity index (χ1n) is 5.89. The average molecular weight is 358 g/mol. The van der Waals surface area contributed by atoms with Gasteiger partial charge in [-0.1, -0.05) is 12.1 Å². The molecule has 3 nitrogen and oxygen atoms in total. The van der Waals surface area contributed by atoms with Crippen LogP contribution < -0.4 is 0 Å². The number of hydrogen-bond donors (Lipinski definition) is 1. The molecule has 0 aliphatic rings. The summed E-state index contributed by atoms with van der Waals surface area (Å²) < 4.78 is 15.0. The highest BCUT2D eigenvalue weighted by Gasteiger charge is 2.15. The second-order valence-corrected chi connectivity index (χ2v) is 6.40. The molecule has 0 unspecified atom stereocenters. The number of carboxylic acids is 1. The van der Waals surface area contributed by atoms with Gasteiger partial charge in [0.15, 0.2) is 0 Å². The number of carboxylic acid groups (broad SMARTS) is 1. The van der Waals surface area contributed by atoms with Gasteiger partial charge in [-0.2, -0.15) is 0 Å². The molecule has 0 aliphatic heterocycles. The first kappa shape index (κ1) is 15.2. The first-order chi connectivity index (χ1) is 9.47. The minimum atomic E-state index is -1.24. The molecule has 0 atom stereocenters. The van der Waals surface area contributed by atoms with Crippen LogP contribution in [0.1, 0.15) is 20.8 Å². The Hall–Kier alpha value is -1.24. The van der Waals surface area contributed by atoms with Gasteiger partial charge in [0.2, 0.25) is 0 Å². The van der Waals surface area contributed by atoms with Gasteiger partial charge in [0.05, 0.1) is 5.56 Å². The van der Waals surface area contributed by atoms with Crippen LogP contribution in [0.4, 0.5) is 4.39 Å². The van der Waals surface area contributed by atoms with Crippen LogP contribution in [0.5, 0.6) is 0 Å². The number of thiophene rings is 1. The number of aromatic carboxylic acids is 1. The maximum atomic E-state index is 14.0. The van der Waals surface area contributed by atoms with Gasteiger partial charge in [0.1, 0.15) is 5.82 Å². The maximum absolute atomic E-state index is 14.0. The van der Waals surface area contributed by atoms with Gasteiger partial charge in [-0.25, -0.2) is 9.18 Å². The molecule has 2 aromatic rings. The Morgan fingerprint density at radius 2 is 2.20 bits per heavy atom. The van der Waals surface area contributed by atoms with E-state index in [1.807, 2.05) is 23.4 Å². The van der Waals surface area contributed by atoms with E-state index in [2.05, 4.69) is 15.9 Å². The zero-order valence-corrected chi connectivity index (χ0v) is 13.2. The summed E-state index contributed by atoms with van der Waals surface area (Å²) in [5.74, 6) is -1.89. The van der Waals surface area contributed by atoms with Crippen molar-refractivity contribution in [3.8, 4) is 0 Å². The number of nitrogens with zero attached hydrogens (tertiary/aromatic N) is 1. The zero-order valence-electron chi connectivity index (χ0n) is 10.8. The van der Waals surface area contributed by atoms with Crippen LogP contribution in [-0.2, 0) is 13.1 Å². The fourth-order valence-corrected chi connectivity index (χ4v) is 3.45. The van der Waals surface area contributed by atoms with Crippen molar-refractivity contribution in [3.63, 3.8) is 0 Å². The van der Waals surface area contributed by atoms with Crippen LogP contribution in [0.3, 0.4) is 0 Å². The van der Waals surface area contributed by atoms with Crippen LogP contribution >= 0.6 is 27.3 Å². The summed E-state index contributed by atoms with van der Waals surface area (Å²) in [5.41, 5.74) is 0.109. The lowest BCUT2D eigenvalue weighted by molar-refractivity contribution is 0.0691. The summed E-state index contributed by atoms with van der Waals surface area (Å²) >= 11 is 5.02. The SMILES string of the molecule is CN(Cc1cc(Br)cs1)Cc1cccc(C(=O)O)c1F. The van der Waals surface area contributed by atoms with Gasteiger partial charge in [0, 0.05) is 33.4 Å². The van der Waals surface area contributed by atoms with Crippen molar-refractivity contribution in [1.29, 1.82) is 0 Å². The Morgan fingerprint density at radius 1 is 1.45 bits per heavy atom. The van der Waals surface area contributed by atoms with Crippen molar-refractivity contribution >= 4 is 33.2 Å². The van der Waals surface area contributed by atoms with Gasteiger partial charge in [-0.15, -0.1) is 11.3 Å². The molecule has 1 N–H and O–H groups in total. The second kappa shape index (κ2) is 6.47. The Labute approximate surface area is 128 Å². The molecular weight excluding hydrogens is 345 g/mol. The topological polar surface area (TPSA) is 40.5 Å². The van der Waals surface area contributed by atoms with Crippen molar-refractivity contribution < 1.29 is 14.3 Å². The van der Waals surface area contributed by atoms with Crippen molar-refractivity contribution in [2.24, 2.45) is 0 Å². The van der Waals surface area contributed by atoms with Crippen LogP contribution in [0.15, 0.2) is 34.1 Å². The maximum Gasteiger partial charge on any atom is 0.338 e. The summed E-state index contributed by atoms with van der Waals surface area (Å²) in [7, 11) is 1.88. The normalized spacial score (nSPS) is 11.0. The van der Waals surface area contributed by atoms with Crippen molar-refractivity contribution in [2.45, 2.75) is 13.1 Å². The van der Waals surface area contributed by atoms with E-state index in [0.29, 0.717) is 18.7 Å². The van der Waals surface area contributed by atoms with E-state index in [9.17, 15) is 9.18 Å². The van der Waals surface area contributed by atoms with Gasteiger partial charge in [-0.3, -0.25) is 4.90 Å². The number of hydrogen-bond acceptors (Lipinski definition) is 3. The standard InChI is InChI=1S/C14H13BrFNO2S/c1-17(7-11-5-10(15)8-20-11)6-9-3-2-4-12(13(9)16)14(18)19/h2-5,8H,6-7H2,1H3,(H,18,19). The van der Waals surface area contributed by atoms with Crippen LogP contribution in [0.2, 0.25) is 0 Å². The average Bonchev–Trinajstić information content (AvgIpc) is 2.77. The monoisotopic (exact) mass is 357 g/mol. The lowest BCUT2D eigenvalue weighted by atomic mass is 10.1. The zero-order chi connectivity index (χ0) is 14.7. The van der Waals surface area contributed by atoms with E-state index in [4.69, 9.17) is 5.11 Å². The Balaban J connectivity index is 2.09. The lowest BCUT2D eigenvalue weighted by Crippen LogP contribution is -2.18. The Morgan fingerprint density at radius 3 is 2.80 bits per heavy atom. The fourth-order valence-electron chi connectivity index (χ4n) is 1.92.